The van der Waals surface area contributed by atoms with Crippen LogP contribution in [0.3, 0.4) is 0 Å². The Kier molecular flexibility index (Phi) is 5.15. The molecular formula is C19H22ClN7O. The Morgan fingerprint density at radius 1 is 1.25 bits per heavy atom. The van der Waals surface area contributed by atoms with Gasteiger partial charge in [0.2, 0.25) is 5.95 Å². The number of carbonyl (C=O) groups excluding carboxylic acids is 1. The van der Waals surface area contributed by atoms with Gasteiger partial charge < -0.3 is 5.32 Å². The van der Waals surface area contributed by atoms with E-state index in [2.05, 4.69) is 25.8 Å². The Balaban J connectivity index is 1.53. The molecule has 0 atom stereocenters. The number of halogens is 1. The fraction of sp³-hybridized carbons (Fsp3) is 0.368. The molecule has 0 unspecified atom stereocenters. The lowest BCUT2D eigenvalue weighted by atomic mass is 9.98. The van der Waals surface area contributed by atoms with Crippen LogP contribution in [0.25, 0.3) is 5.69 Å². The van der Waals surface area contributed by atoms with Crippen molar-refractivity contribution < 1.29 is 4.79 Å². The zero-order valence-electron chi connectivity index (χ0n) is 15.8. The number of carbonyl (C=O) groups is 1. The Morgan fingerprint density at radius 3 is 2.79 bits per heavy atom. The molecule has 3 heterocycles. The number of benzene rings is 1. The maximum absolute atomic E-state index is 12.7. The van der Waals surface area contributed by atoms with Crippen LogP contribution in [-0.4, -0.2) is 43.5 Å². The van der Waals surface area contributed by atoms with E-state index in [-0.39, 0.29) is 5.91 Å². The lowest BCUT2D eigenvalue weighted by Crippen LogP contribution is -2.27. The van der Waals surface area contributed by atoms with Gasteiger partial charge in [0.1, 0.15) is 0 Å². The first-order chi connectivity index (χ1) is 13.5. The van der Waals surface area contributed by atoms with Crippen LogP contribution in [0.5, 0.6) is 0 Å². The van der Waals surface area contributed by atoms with Crippen molar-refractivity contribution in [3.8, 4) is 5.69 Å². The molecule has 146 valence electrons. The summed E-state index contributed by atoms with van der Waals surface area (Å²) in [6.45, 7) is 3.82. The van der Waals surface area contributed by atoms with Crippen molar-refractivity contribution in [2.75, 3.05) is 18.4 Å². The Hall–Kier alpha value is -2.71. The molecule has 1 saturated heterocycles. The largest absolute Gasteiger partial charge is 0.317 e. The molecule has 1 aromatic carbocycles. The van der Waals surface area contributed by atoms with Gasteiger partial charge in [-0.15, -0.1) is 0 Å². The van der Waals surface area contributed by atoms with Crippen molar-refractivity contribution in [1.29, 1.82) is 0 Å². The first-order valence-electron chi connectivity index (χ1n) is 9.27. The number of hydrogen-bond acceptors (Lipinski definition) is 5. The highest BCUT2D eigenvalue weighted by molar-refractivity contribution is 6.30. The standard InChI is InChI=1S/C19H22ClN7O/c1-12-10-16(24-27(12)15-5-3-4-14(20)11-15)18(28)23-19-22-17(25-26(19)2)13-6-8-21-9-7-13/h3-5,10-11,13,21H,6-9H2,1-2H3,(H,22,23,25,28). The Morgan fingerprint density at radius 2 is 2.04 bits per heavy atom. The van der Waals surface area contributed by atoms with E-state index in [0.29, 0.717) is 22.6 Å². The number of rotatable bonds is 4. The number of piperidine rings is 1. The van der Waals surface area contributed by atoms with E-state index in [9.17, 15) is 4.79 Å². The molecule has 4 rings (SSSR count). The van der Waals surface area contributed by atoms with Crippen molar-refractivity contribution in [3.63, 3.8) is 0 Å². The number of aromatic nitrogens is 5. The average molecular weight is 400 g/mol. The summed E-state index contributed by atoms with van der Waals surface area (Å²) in [6, 6.07) is 9.07. The maximum atomic E-state index is 12.7. The second kappa shape index (κ2) is 7.73. The molecule has 0 spiro atoms. The summed E-state index contributed by atoms with van der Waals surface area (Å²) < 4.78 is 3.30. The van der Waals surface area contributed by atoms with Gasteiger partial charge in [-0.05, 0) is 57.1 Å². The van der Waals surface area contributed by atoms with Gasteiger partial charge in [0.15, 0.2) is 11.5 Å². The highest BCUT2D eigenvalue weighted by Crippen LogP contribution is 2.23. The first kappa shape index (κ1) is 18.6. The van der Waals surface area contributed by atoms with Crippen LogP contribution in [0.2, 0.25) is 5.02 Å². The minimum Gasteiger partial charge on any atom is -0.317 e. The topological polar surface area (TPSA) is 89.7 Å². The van der Waals surface area contributed by atoms with Crippen LogP contribution in [0.1, 0.15) is 40.8 Å². The molecule has 1 fully saturated rings. The predicted octanol–water partition coefficient (Wildman–Crippen LogP) is 2.68. The van der Waals surface area contributed by atoms with E-state index < -0.39 is 0 Å². The summed E-state index contributed by atoms with van der Waals surface area (Å²) in [4.78, 5) is 17.2. The second-order valence-corrected chi connectivity index (χ2v) is 7.39. The summed E-state index contributed by atoms with van der Waals surface area (Å²) >= 11 is 6.07. The summed E-state index contributed by atoms with van der Waals surface area (Å²) in [5, 5.41) is 15.7. The van der Waals surface area contributed by atoms with Crippen LogP contribution >= 0.6 is 11.6 Å². The molecule has 28 heavy (non-hydrogen) atoms. The number of aryl methyl sites for hydroxylation is 2. The first-order valence-corrected chi connectivity index (χ1v) is 9.64. The molecule has 9 heteroatoms. The molecular weight excluding hydrogens is 378 g/mol. The lowest BCUT2D eigenvalue weighted by molar-refractivity contribution is 0.102. The van der Waals surface area contributed by atoms with E-state index in [1.54, 1.807) is 34.6 Å². The molecule has 0 radical (unpaired) electrons. The van der Waals surface area contributed by atoms with E-state index in [1.165, 1.54) is 0 Å². The van der Waals surface area contributed by atoms with Crippen LogP contribution in [0, 0.1) is 6.92 Å². The summed E-state index contributed by atoms with van der Waals surface area (Å²) in [6.07, 6.45) is 2.00. The zero-order valence-corrected chi connectivity index (χ0v) is 16.6. The van der Waals surface area contributed by atoms with Crippen LogP contribution in [-0.2, 0) is 7.05 Å². The van der Waals surface area contributed by atoms with Gasteiger partial charge in [-0.1, -0.05) is 17.7 Å². The Bertz CT molecular complexity index is 1000. The number of nitrogens with zero attached hydrogens (tertiary/aromatic N) is 5. The van der Waals surface area contributed by atoms with Crippen molar-refractivity contribution in [2.45, 2.75) is 25.7 Å². The molecule has 0 bridgehead atoms. The van der Waals surface area contributed by atoms with E-state index in [4.69, 9.17) is 11.6 Å². The third-order valence-corrected chi connectivity index (χ3v) is 5.12. The highest BCUT2D eigenvalue weighted by Gasteiger charge is 2.22. The van der Waals surface area contributed by atoms with Crippen molar-refractivity contribution in [1.82, 2.24) is 29.9 Å². The predicted molar refractivity (Wildman–Crippen MR) is 107 cm³/mol. The average Bonchev–Trinajstić information content (AvgIpc) is 3.26. The SMILES string of the molecule is Cc1cc(C(=O)Nc2nc(C3CCNCC3)nn2C)nn1-c1cccc(Cl)c1. The fourth-order valence-corrected chi connectivity index (χ4v) is 3.57. The number of amides is 1. The van der Waals surface area contributed by atoms with Gasteiger partial charge in [0.05, 0.1) is 5.69 Å². The van der Waals surface area contributed by atoms with Gasteiger partial charge in [-0.25, -0.2) is 9.36 Å². The lowest BCUT2D eigenvalue weighted by Gasteiger charge is -2.19. The van der Waals surface area contributed by atoms with Crippen LogP contribution in [0.4, 0.5) is 5.95 Å². The van der Waals surface area contributed by atoms with Gasteiger partial charge in [0.25, 0.3) is 5.91 Å². The van der Waals surface area contributed by atoms with Crippen LogP contribution in [0.15, 0.2) is 30.3 Å². The van der Waals surface area contributed by atoms with E-state index in [0.717, 1.165) is 43.1 Å². The quantitative estimate of drug-likeness (QED) is 0.704. The monoisotopic (exact) mass is 399 g/mol. The third kappa shape index (κ3) is 3.79. The normalized spacial score (nSPS) is 15.0. The molecule has 1 amide bonds. The number of nitrogens with one attached hydrogen (secondary N) is 2. The minimum absolute atomic E-state index is 0.309. The van der Waals surface area contributed by atoms with Gasteiger partial charge in [-0.3, -0.25) is 10.1 Å². The molecule has 1 aliphatic heterocycles. The second-order valence-electron chi connectivity index (χ2n) is 6.96. The Labute approximate surface area is 167 Å². The van der Waals surface area contributed by atoms with Gasteiger partial charge in [0, 0.05) is 23.7 Å². The number of hydrogen-bond donors (Lipinski definition) is 2. The van der Waals surface area contributed by atoms with E-state index in [1.807, 2.05) is 19.1 Å². The zero-order chi connectivity index (χ0) is 19.7. The molecule has 3 aromatic rings. The highest BCUT2D eigenvalue weighted by atomic mass is 35.5. The minimum atomic E-state index is -0.323. The van der Waals surface area contributed by atoms with Gasteiger partial charge >= 0.3 is 0 Å². The smallest absolute Gasteiger partial charge is 0.278 e. The molecule has 1 aliphatic rings. The maximum Gasteiger partial charge on any atom is 0.278 e. The summed E-state index contributed by atoms with van der Waals surface area (Å²) in [5.74, 6) is 1.20. The molecule has 2 aromatic heterocycles. The summed E-state index contributed by atoms with van der Waals surface area (Å²) in [5.41, 5.74) is 1.94. The van der Waals surface area contributed by atoms with E-state index >= 15 is 0 Å². The summed E-state index contributed by atoms with van der Waals surface area (Å²) in [7, 11) is 1.78. The number of anilines is 1. The molecule has 2 N–H and O–H groups in total. The molecule has 8 nitrogen and oxygen atoms in total. The van der Waals surface area contributed by atoms with Gasteiger partial charge in [-0.2, -0.15) is 15.2 Å². The van der Waals surface area contributed by atoms with Crippen molar-refractivity contribution >= 4 is 23.5 Å². The third-order valence-electron chi connectivity index (χ3n) is 4.88. The van der Waals surface area contributed by atoms with Crippen molar-refractivity contribution in [3.05, 3.63) is 52.6 Å². The fourth-order valence-electron chi connectivity index (χ4n) is 3.39. The van der Waals surface area contributed by atoms with Crippen LogP contribution < -0.4 is 10.6 Å². The molecule has 0 aliphatic carbocycles. The molecule has 0 saturated carbocycles. The van der Waals surface area contributed by atoms with Crippen molar-refractivity contribution in [2.24, 2.45) is 7.05 Å².